The summed E-state index contributed by atoms with van der Waals surface area (Å²) in [6.07, 6.45) is 1.76. The Labute approximate surface area is 155 Å². The number of hydrogen-bond acceptors (Lipinski definition) is 3. The van der Waals surface area contributed by atoms with Gasteiger partial charge in [0.15, 0.2) is 0 Å². The van der Waals surface area contributed by atoms with Crippen molar-refractivity contribution in [1.82, 2.24) is 15.5 Å². The molecule has 2 N–H and O–H groups in total. The van der Waals surface area contributed by atoms with Gasteiger partial charge in [-0.25, -0.2) is 4.79 Å². The fourth-order valence-electron chi connectivity index (χ4n) is 3.97. The van der Waals surface area contributed by atoms with Gasteiger partial charge >= 0.3 is 6.03 Å². The number of benzene rings is 1. The van der Waals surface area contributed by atoms with Crippen molar-refractivity contribution < 1.29 is 9.59 Å². The van der Waals surface area contributed by atoms with Crippen molar-refractivity contribution in [3.8, 4) is 0 Å². The number of piperidine rings is 1. The van der Waals surface area contributed by atoms with Crippen molar-refractivity contribution in [2.24, 2.45) is 5.92 Å². The summed E-state index contributed by atoms with van der Waals surface area (Å²) in [6.45, 7) is 7.29. The molecule has 1 unspecified atom stereocenters. The molecule has 6 heteroatoms. The third-order valence-corrected chi connectivity index (χ3v) is 5.62. The number of nitrogens with zero attached hydrogens (tertiary/aromatic N) is 2. The largest absolute Gasteiger partial charge is 0.358 e. The van der Waals surface area contributed by atoms with Crippen LogP contribution in [0.5, 0.6) is 0 Å². The number of nitrogens with one attached hydrogen (secondary N) is 2. The molecule has 1 atom stereocenters. The summed E-state index contributed by atoms with van der Waals surface area (Å²) in [5.41, 5.74) is 2.32. The van der Waals surface area contributed by atoms with Crippen LogP contribution in [0.1, 0.15) is 38.2 Å². The quantitative estimate of drug-likeness (QED) is 0.867. The van der Waals surface area contributed by atoms with Crippen molar-refractivity contribution in [2.45, 2.75) is 38.6 Å². The molecule has 2 heterocycles. The van der Waals surface area contributed by atoms with Crippen molar-refractivity contribution >= 4 is 17.6 Å². The Balaban J connectivity index is 1.57. The van der Waals surface area contributed by atoms with Crippen LogP contribution in [-0.4, -0.2) is 56.1 Å². The van der Waals surface area contributed by atoms with Crippen LogP contribution >= 0.6 is 0 Å². The van der Waals surface area contributed by atoms with Gasteiger partial charge in [0, 0.05) is 44.3 Å². The van der Waals surface area contributed by atoms with Gasteiger partial charge in [0.05, 0.1) is 6.54 Å². The Bertz CT molecular complexity index is 653. The van der Waals surface area contributed by atoms with E-state index in [1.54, 1.807) is 7.05 Å². The number of hydrogen-bond donors (Lipinski definition) is 2. The molecule has 1 aromatic carbocycles. The summed E-state index contributed by atoms with van der Waals surface area (Å²) >= 11 is 0. The topological polar surface area (TPSA) is 64.7 Å². The van der Waals surface area contributed by atoms with Crippen molar-refractivity contribution in [3.63, 3.8) is 0 Å². The van der Waals surface area contributed by atoms with E-state index in [9.17, 15) is 9.59 Å². The van der Waals surface area contributed by atoms with Crippen molar-refractivity contribution in [1.29, 1.82) is 0 Å². The Kier molecular flexibility index (Phi) is 5.81. The fourth-order valence-corrected chi connectivity index (χ4v) is 3.97. The average molecular weight is 358 g/mol. The number of anilines is 1. The Hall–Kier alpha value is -2.08. The van der Waals surface area contributed by atoms with Crippen LogP contribution in [0.4, 0.5) is 10.5 Å². The van der Waals surface area contributed by atoms with Crippen LogP contribution in [0.3, 0.4) is 0 Å². The zero-order valence-electron chi connectivity index (χ0n) is 16.0. The normalized spacial score (nSPS) is 20.9. The van der Waals surface area contributed by atoms with Gasteiger partial charge in [-0.3, -0.25) is 14.6 Å². The van der Waals surface area contributed by atoms with Gasteiger partial charge in [0.25, 0.3) is 0 Å². The van der Waals surface area contributed by atoms with Gasteiger partial charge in [-0.05, 0) is 30.4 Å². The molecule has 6 nitrogen and oxygen atoms in total. The standard InChI is InChI=1S/C20H30N4O2/c1-14(2)17-12-24(18-7-5-4-6-16(17)18)20(26)22-15-8-10-23(11-9-15)13-19(25)21-3/h4-7,14-15,17H,8-13H2,1-3H3,(H,21,25)(H,22,26). The minimum atomic E-state index is 0.00495. The summed E-state index contributed by atoms with van der Waals surface area (Å²) in [6, 6.07) is 8.42. The van der Waals surface area contributed by atoms with E-state index in [-0.39, 0.29) is 18.0 Å². The molecule has 0 aliphatic carbocycles. The lowest BCUT2D eigenvalue weighted by Gasteiger charge is -2.32. The van der Waals surface area contributed by atoms with Crippen LogP contribution in [0.15, 0.2) is 24.3 Å². The summed E-state index contributed by atoms with van der Waals surface area (Å²) in [5.74, 6) is 0.939. The maximum absolute atomic E-state index is 12.9. The minimum absolute atomic E-state index is 0.00495. The van der Waals surface area contributed by atoms with Gasteiger partial charge in [0.2, 0.25) is 5.91 Å². The first-order valence-corrected chi connectivity index (χ1v) is 9.59. The Morgan fingerprint density at radius 2 is 1.88 bits per heavy atom. The summed E-state index contributed by atoms with van der Waals surface area (Å²) in [4.78, 5) is 28.4. The van der Waals surface area contributed by atoms with Crippen molar-refractivity contribution in [3.05, 3.63) is 29.8 Å². The number of likely N-dealkylation sites (N-methyl/N-ethyl adjacent to an activating group) is 1. The molecule has 0 radical (unpaired) electrons. The van der Waals surface area contributed by atoms with Gasteiger partial charge < -0.3 is 10.6 Å². The summed E-state index contributed by atoms with van der Waals surface area (Å²) in [7, 11) is 1.66. The number of urea groups is 1. The highest BCUT2D eigenvalue weighted by Crippen LogP contribution is 2.40. The van der Waals surface area contributed by atoms with Gasteiger partial charge in [-0.1, -0.05) is 32.0 Å². The molecule has 26 heavy (non-hydrogen) atoms. The van der Waals surface area contributed by atoms with Gasteiger partial charge in [0.1, 0.15) is 0 Å². The third-order valence-electron chi connectivity index (χ3n) is 5.62. The molecular weight excluding hydrogens is 328 g/mol. The second kappa shape index (κ2) is 8.08. The number of rotatable bonds is 4. The maximum Gasteiger partial charge on any atom is 0.322 e. The molecule has 1 fully saturated rings. The first-order valence-electron chi connectivity index (χ1n) is 9.59. The minimum Gasteiger partial charge on any atom is -0.358 e. The monoisotopic (exact) mass is 358 g/mol. The number of amides is 3. The fraction of sp³-hybridized carbons (Fsp3) is 0.600. The zero-order valence-corrected chi connectivity index (χ0v) is 16.0. The van der Waals surface area contributed by atoms with E-state index >= 15 is 0 Å². The number of para-hydroxylation sites is 1. The predicted octanol–water partition coefficient (Wildman–Crippen LogP) is 2.17. The molecule has 2 aliphatic rings. The lowest BCUT2D eigenvalue weighted by Crippen LogP contribution is -2.50. The zero-order chi connectivity index (χ0) is 18.7. The second-order valence-corrected chi connectivity index (χ2v) is 7.69. The van der Waals surface area contributed by atoms with E-state index in [4.69, 9.17) is 0 Å². The molecule has 0 spiro atoms. The highest BCUT2D eigenvalue weighted by molar-refractivity contribution is 5.94. The summed E-state index contributed by atoms with van der Waals surface area (Å²) < 4.78 is 0. The molecule has 1 saturated heterocycles. The molecule has 2 aliphatic heterocycles. The molecule has 3 amide bonds. The number of carbonyl (C=O) groups is 2. The van der Waals surface area contributed by atoms with Crippen LogP contribution in [-0.2, 0) is 4.79 Å². The second-order valence-electron chi connectivity index (χ2n) is 7.69. The van der Waals surface area contributed by atoms with E-state index in [1.807, 2.05) is 17.0 Å². The van der Waals surface area contributed by atoms with E-state index in [2.05, 4.69) is 41.5 Å². The van der Waals surface area contributed by atoms with E-state index in [1.165, 1.54) is 5.56 Å². The highest BCUT2D eigenvalue weighted by Gasteiger charge is 2.34. The lowest BCUT2D eigenvalue weighted by molar-refractivity contribution is -0.122. The van der Waals surface area contributed by atoms with Crippen LogP contribution in [0.25, 0.3) is 0 Å². The maximum atomic E-state index is 12.9. The Morgan fingerprint density at radius 3 is 2.54 bits per heavy atom. The van der Waals surface area contributed by atoms with Crippen LogP contribution in [0.2, 0.25) is 0 Å². The molecule has 0 saturated carbocycles. The SMILES string of the molecule is CNC(=O)CN1CCC(NC(=O)N2CC(C(C)C)c3ccccc32)CC1. The third kappa shape index (κ3) is 4.01. The number of likely N-dealkylation sites (tertiary alicyclic amines) is 1. The lowest BCUT2D eigenvalue weighted by atomic mass is 9.90. The smallest absolute Gasteiger partial charge is 0.322 e. The molecule has 0 bridgehead atoms. The first-order chi connectivity index (χ1) is 12.5. The molecular formula is C20H30N4O2. The number of carbonyl (C=O) groups excluding carboxylic acids is 2. The Morgan fingerprint density at radius 1 is 1.19 bits per heavy atom. The van der Waals surface area contributed by atoms with Crippen LogP contribution < -0.4 is 15.5 Å². The highest BCUT2D eigenvalue weighted by atomic mass is 16.2. The predicted molar refractivity (Wildman–Crippen MR) is 103 cm³/mol. The molecule has 3 rings (SSSR count). The van der Waals surface area contributed by atoms with Gasteiger partial charge in [-0.15, -0.1) is 0 Å². The van der Waals surface area contributed by atoms with Gasteiger partial charge in [-0.2, -0.15) is 0 Å². The molecule has 0 aromatic heterocycles. The van der Waals surface area contributed by atoms with E-state index in [0.717, 1.165) is 38.2 Å². The molecule has 142 valence electrons. The first kappa shape index (κ1) is 18.7. The van der Waals surface area contributed by atoms with E-state index < -0.39 is 0 Å². The van der Waals surface area contributed by atoms with Crippen LogP contribution in [0, 0.1) is 5.92 Å². The van der Waals surface area contributed by atoms with Crippen molar-refractivity contribution in [2.75, 3.05) is 38.1 Å². The molecule has 1 aromatic rings. The average Bonchev–Trinajstić information content (AvgIpc) is 3.03. The number of fused-ring (bicyclic) bond motifs is 1. The summed E-state index contributed by atoms with van der Waals surface area (Å²) in [5, 5.41) is 5.87. The van der Waals surface area contributed by atoms with E-state index in [0.29, 0.717) is 18.4 Å².